The highest BCUT2D eigenvalue weighted by Crippen LogP contribution is 2.20. The molecule has 0 spiro atoms. The van der Waals surface area contributed by atoms with Crippen LogP contribution in [0, 0.1) is 0 Å². The maximum Gasteiger partial charge on any atom is 0.213 e. The maximum atomic E-state index is 5.74. The number of hydrogen-bond donors (Lipinski definition) is 1. The molecule has 1 aliphatic carbocycles. The monoisotopic (exact) mass is 262 g/mol. The summed E-state index contributed by atoms with van der Waals surface area (Å²) < 4.78 is 11.4. The first-order valence-electron chi connectivity index (χ1n) is 7.33. The van der Waals surface area contributed by atoms with Crippen LogP contribution in [0.1, 0.15) is 37.7 Å². The highest BCUT2D eigenvalue weighted by molar-refractivity contribution is 5.20. The van der Waals surface area contributed by atoms with E-state index in [1.807, 2.05) is 18.3 Å². The number of pyridine rings is 1. The molecule has 1 atom stereocenters. The predicted octanol–water partition coefficient (Wildman–Crippen LogP) is 2.28. The zero-order valence-electron chi connectivity index (χ0n) is 11.3. The molecule has 2 fully saturated rings. The van der Waals surface area contributed by atoms with Crippen LogP contribution in [0.3, 0.4) is 0 Å². The summed E-state index contributed by atoms with van der Waals surface area (Å²) >= 11 is 0. The van der Waals surface area contributed by atoms with E-state index in [4.69, 9.17) is 9.47 Å². The lowest BCUT2D eigenvalue weighted by molar-refractivity contribution is -0.0119. The molecule has 0 bridgehead atoms. The second kappa shape index (κ2) is 6.35. The molecule has 1 saturated carbocycles. The van der Waals surface area contributed by atoms with E-state index in [2.05, 4.69) is 10.3 Å². The minimum absolute atomic E-state index is 0.240. The SMILES string of the molecule is c1cc(CNC2CC2)cc(OCC2CCCCO2)n1. The van der Waals surface area contributed by atoms with Crippen molar-refractivity contribution in [2.24, 2.45) is 0 Å². The number of hydrogen-bond acceptors (Lipinski definition) is 4. The Kier molecular flexibility index (Phi) is 4.30. The number of nitrogens with one attached hydrogen (secondary N) is 1. The topological polar surface area (TPSA) is 43.4 Å². The van der Waals surface area contributed by atoms with Crippen LogP contribution in [0.2, 0.25) is 0 Å². The summed E-state index contributed by atoms with van der Waals surface area (Å²) in [4.78, 5) is 4.26. The average molecular weight is 262 g/mol. The van der Waals surface area contributed by atoms with Crippen molar-refractivity contribution in [1.29, 1.82) is 0 Å². The van der Waals surface area contributed by atoms with Crippen LogP contribution in [0.25, 0.3) is 0 Å². The maximum absolute atomic E-state index is 5.74. The Hall–Kier alpha value is -1.13. The van der Waals surface area contributed by atoms with Gasteiger partial charge in [-0.2, -0.15) is 0 Å². The second-order valence-corrected chi connectivity index (χ2v) is 5.46. The average Bonchev–Trinajstić information content (AvgIpc) is 3.29. The molecule has 4 nitrogen and oxygen atoms in total. The number of rotatable bonds is 6. The van der Waals surface area contributed by atoms with E-state index in [1.165, 1.54) is 31.2 Å². The molecule has 2 heterocycles. The van der Waals surface area contributed by atoms with Crippen molar-refractivity contribution in [3.05, 3.63) is 23.9 Å². The predicted molar refractivity (Wildman–Crippen MR) is 73.2 cm³/mol. The lowest BCUT2D eigenvalue weighted by atomic mass is 10.1. The fourth-order valence-corrected chi connectivity index (χ4v) is 2.31. The Morgan fingerprint density at radius 2 is 2.26 bits per heavy atom. The normalized spacial score (nSPS) is 23.3. The molecule has 1 aromatic heterocycles. The highest BCUT2D eigenvalue weighted by Gasteiger charge is 2.20. The van der Waals surface area contributed by atoms with Crippen LogP contribution >= 0.6 is 0 Å². The van der Waals surface area contributed by atoms with Gasteiger partial charge in [0.15, 0.2) is 0 Å². The van der Waals surface area contributed by atoms with E-state index in [0.717, 1.165) is 25.6 Å². The van der Waals surface area contributed by atoms with E-state index in [9.17, 15) is 0 Å². The third-order valence-electron chi connectivity index (χ3n) is 3.66. The van der Waals surface area contributed by atoms with Crippen molar-refractivity contribution in [2.45, 2.75) is 50.8 Å². The van der Waals surface area contributed by atoms with Crippen LogP contribution in [0.5, 0.6) is 5.88 Å². The van der Waals surface area contributed by atoms with Gasteiger partial charge in [-0.3, -0.25) is 0 Å². The molecule has 0 radical (unpaired) electrons. The molecule has 1 unspecified atom stereocenters. The second-order valence-electron chi connectivity index (χ2n) is 5.46. The lowest BCUT2D eigenvalue weighted by Gasteiger charge is -2.22. The molecule has 1 aliphatic heterocycles. The summed E-state index contributed by atoms with van der Waals surface area (Å²) in [6, 6.07) is 4.80. The number of aromatic nitrogens is 1. The van der Waals surface area contributed by atoms with E-state index in [1.54, 1.807) is 0 Å². The van der Waals surface area contributed by atoms with Crippen LogP contribution in [0.15, 0.2) is 18.3 Å². The van der Waals surface area contributed by atoms with Gasteiger partial charge in [-0.15, -0.1) is 0 Å². The van der Waals surface area contributed by atoms with Gasteiger partial charge in [0.2, 0.25) is 5.88 Å². The third kappa shape index (κ3) is 4.18. The van der Waals surface area contributed by atoms with Crippen molar-refractivity contribution in [3.8, 4) is 5.88 Å². The van der Waals surface area contributed by atoms with E-state index >= 15 is 0 Å². The lowest BCUT2D eigenvalue weighted by Crippen LogP contribution is -2.26. The summed E-state index contributed by atoms with van der Waals surface area (Å²) in [5.41, 5.74) is 1.24. The Bertz CT molecular complexity index is 401. The number of ether oxygens (including phenoxy) is 2. The Labute approximate surface area is 114 Å². The fraction of sp³-hybridized carbons (Fsp3) is 0.667. The van der Waals surface area contributed by atoms with Gasteiger partial charge in [-0.05, 0) is 43.7 Å². The summed E-state index contributed by atoms with van der Waals surface area (Å²) in [5, 5.41) is 3.50. The quantitative estimate of drug-likeness (QED) is 0.854. The molecular weight excluding hydrogens is 240 g/mol. The molecule has 1 aromatic rings. The molecule has 0 aromatic carbocycles. The van der Waals surface area contributed by atoms with Crippen molar-refractivity contribution >= 4 is 0 Å². The molecule has 0 amide bonds. The summed E-state index contributed by atoms with van der Waals surface area (Å²) in [7, 11) is 0. The van der Waals surface area contributed by atoms with Gasteiger partial charge < -0.3 is 14.8 Å². The van der Waals surface area contributed by atoms with Gasteiger partial charge in [0.25, 0.3) is 0 Å². The van der Waals surface area contributed by atoms with Gasteiger partial charge in [0.05, 0.1) is 6.10 Å². The zero-order chi connectivity index (χ0) is 12.9. The van der Waals surface area contributed by atoms with Crippen molar-refractivity contribution in [2.75, 3.05) is 13.2 Å². The van der Waals surface area contributed by atoms with Crippen LogP contribution in [0.4, 0.5) is 0 Å². The highest BCUT2D eigenvalue weighted by atomic mass is 16.5. The Morgan fingerprint density at radius 3 is 3.05 bits per heavy atom. The first kappa shape index (κ1) is 12.9. The summed E-state index contributed by atoms with van der Waals surface area (Å²) in [6.07, 6.45) is 8.21. The van der Waals surface area contributed by atoms with Crippen LogP contribution in [-0.2, 0) is 11.3 Å². The number of nitrogens with zero attached hydrogens (tertiary/aromatic N) is 1. The van der Waals surface area contributed by atoms with Gasteiger partial charge in [0.1, 0.15) is 6.61 Å². The van der Waals surface area contributed by atoms with E-state index in [-0.39, 0.29) is 6.10 Å². The summed E-state index contributed by atoms with van der Waals surface area (Å²) in [6.45, 7) is 2.39. The molecule has 1 saturated heterocycles. The molecule has 19 heavy (non-hydrogen) atoms. The minimum Gasteiger partial charge on any atom is -0.475 e. The molecule has 1 N–H and O–H groups in total. The smallest absolute Gasteiger partial charge is 0.213 e. The van der Waals surface area contributed by atoms with E-state index < -0.39 is 0 Å². The van der Waals surface area contributed by atoms with Crippen molar-refractivity contribution in [1.82, 2.24) is 10.3 Å². The molecule has 4 heteroatoms. The third-order valence-corrected chi connectivity index (χ3v) is 3.66. The molecular formula is C15H22N2O2. The van der Waals surface area contributed by atoms with Gasteiger partial charge >= 0.3 is 0 Å². The largest absolute Gasteiger partial charge is 0.475 e. The molecule has 104 valence electrons. The Balaban J connectivity index is 1.47. The van der Waals surface area contributed by atoms with E-state index in [0.29, 0.717) is 12.5 Å². The van der Waals surface area contributed by atoms with Crippen molar-refractivity contribution in [3.63, 3.8) is 0 Å². The minimum atomic E-state index is 0.240. The molecule has 2 aliphatic rings. The van der Waals surface area contributed by atoms with Gasteiger partial charge in [0, 0.05) is 31.5 Å². The summed E-state index contributed by atoms with van der Waals surface area (Å²) in [5.74, 6) is 0.712. The standard InChI is InChI=1S/C15H22N2O2/c1-2-8-18-14(3-1)11-19-15-9-12(6-7-16-15)10-17-13-4-5-13/h6-7,9,13-14,17H,1-5,8,10-11H2. The van der Waals surface area contributed by atoms with Crippen LogP contribution < -0.4 is 10.1 Å². The van der Waals surface area contributed by atoms with Crippen molar-refractivity contribution < 1.29 is 9.47 Å². The Morgan fingerprint density at radius 1 is 1.32 bits per heavy atom. The van der Waals surface area contributed by atoms with Crippen LogP contribution in [-0.4, -0.2) is 30.3 Å². The molecule has 3 rings (SSSR count). The van der Waals surface area contributed by atoms with Gasteiger partial charge in [-0.25, -0.2) is 4.98 Å². The first-order chi connectivity index (χ1) is 9.40. The zero-order valence-corrected chi connectivity index (χ0v) is 11.3. The van der Waals surface area contributed by atoms with Gasteiger partial charge in [-0.1, -0.05) is 0 Å². The first-order valence-corrected chi connectivity index (χ1v) is 7.33. The fourth-order valence-electron chi connectivity index (χ4n) is 2.31.